The minimum Gasteiger partial charge on any atom is -0.394 e. The molecule has 0 bridgehead atoms. The van der Waals surface area contributed by atoms with Gasteiger partial charge < -0.3 is 14.9 Å². The summed E-state index contributed by atoms with van der Waals surface area (Å²) in [4.78, 5) is 0. The van der Waals surface area contributed by atoms with E-state index in [0.29, 0.717) is 19.4 Å². The highest BCUT2D eigenvalue weighted by Gasteiger charge is 2.04. The SMILES string of the molecule is O=S(=O)(O)CCCCOCC(O)CO. The predicted octanol–water partition coefficient (Wildman–Crippen LogP) is -0.976. The lowest BCUT2D eigenvalue weighted by molar-refractivity contribution is 0.00559. The number of aliphatic hydroxyl groups excluding tert-OH is 2. The fraction of sp³-hybridized carbons (Fsp3) is 1.00. The molecule has 3 N–H and O–H groups in total. The Morgan fingerprint density at radius 2 is 1.93 bits per heavy atom. The average Bonchev–Trinajstić information content (AvgIpc) is 2.08. The van der Waals surface area contributed by atoms with Crippen molar-refractivity contribution in [1.29, 1.82) is 0 Å². The molecule has 0 fully saturated rings. The van der Waals surface area contributed by atoms with E-state index in [4.69, 9.17) is 19.5 Å². The number of rotatable bonds is 8. The van der Waals surface area contributed by atoms with Gasteiger partial charge in [-0.05, 0) is 12.8 Å². The predicted molar refractivity (Wildman–Crippen MR) is 49.6 cm³/mol. The lowest BCUT2D eigenvalue weighted by atomic mass is 10.3. The van der Waals surface area contributed by atoms with Gasteiger partial charge in [0.05, 0.1) is 19.0 Å². The Bertz CT molecular complexity index is 224. The first-order valence-corrected chi connectivity index (χ1v) is 5.88. The lowest BCUT2D eigenvalue weighted by Gasteiger charge is -2.07. The van der Waals surface area contributed by atoms with Crippen molar-refractivity contribution >= 4 is 10.1 Å². The maximum absolute atomic E-state index is 10.3. The van der Waals surface area contributed by atoms with Crippen molar-refractivity contribution in [3.8, 4) is 0 Å². The summed E-state index contributed by atoms with van der Waals surface area (Å²) in [6.07, 6.45) is -0.0944. The Kier molecular flexibility index (Phi) is 7.02. The molecule has 0 aromatic carbocycles. The summed E-state index contributed by atoms with van der Waals surface area (Å²) in [7, 11) is -3.88. The zero-order chi connectivity index (χ0) is 11.0. The third kappa shape index (κ3) is 9.87. The minimum atomic E-state index is -3.88. The van der Waals surface area contributed by atoms with Crippen LogP contribution in [0.25, 0.3) is 0 Å². The van der Waals surface area contributed by atoms with Crippen LogP contribution in [-0.2, 0) is 14.9 Å². The van der Waals surface area contributed by atoms with Crippen LogP contribution in [0.15, 0.2) is 0 Å². The first kappa shape index (κ1) is 13.8. The largest absolute Gasteiger partial charge is 0.394 e. The Balaban J connectivity index is 3.23. The van der Waals surface area contributed by atoms with Crippen molar-refractivity contribution in [3.05, 3.63) is 0 Å². The molecule has 6 nitrogen and oxygen atoms in total. The second-order valence-electron chi connectivity index (χ2n) is 2.90. The summed E-state index contributed by atoms with van der Waals surface area (Å²) in [6, 6.07) is 0. The average molecular weight is 228 g/mol. The number of hydrogen-bond donors (Lipinski definition) is 3. The lowest BCUT2D eigenvalue weighted by Crippen LogP contribution is -2.19. The fourth-order valence-electron chi connectivity index (χ4n) is 0.761. The minimum absolute atomic E-state index is 0.0301. The van der Waals surface area contributed by atoms with Crippen LogP contribution >= 0.6 is 0 Å². The molecule has 0 aromatic heterocycles. The van der Waals surface area contributed by atoms with Crippen LogP contribution < -0.4 is 0 Å². The van der Waals surface area contributed by atoms with E-state index in [1.807, 2.05) is 0 Å². The maximum Gasteiger partial charge on any atom is 0.264 e. The van der Waals surface area contributed by atoms with E-state index >= 15 is 0 Å². The van der Waals surface area contributed by atoms with Gasteiger partial charge in [-0.25, -0.2) is 0 Å². The van der Waals surface area contributed by atoms with E-state index in [2.05, 4.69) is 0 Å². The zero-order valence-electron chi connectivity index (χ0n) is 7.79. The van der Waals surface area contributed by atoms with Crippen LogP contribution in [0, 0.1) is 0 Å². The van der Waals surface area contributed by atoms with Crippen molar-refractivity contribution in [1.82, 2.24) is 0 Å². The topological polar surface area (TPSA) is 104 Å². The van der Waals surface area contributed by atoms with E-state index < -0.39 is 16.2 Å². The normalized spacial score (nSPS) is 14.2. The van der Waals surface area contributed by atoms with Gasteiger partial charge in [-0.2, -0.15) is 8.42 Å². The van der Waals surface area contributed by atoms with Crippen molar-refractivity contribution < 1.29 is 27.9 Å². The number of hydrogen-bond acceptors (Lipinski definition) is 5. The summed E-state index contributed by atoms with van der Waals surface area (Å²) < 4.78 is 33.8. The molecule has 7 heteroatoms. The smallest absolute Gasteiger partial charge is 0.264 e. The molecule has 1 atom stereocenters. The van der Waals surface area contributed by atoms with Crippen molar-refractivity contribution in [2.75, 3.05) is 25.6 Å². The molecule has 0 aromatic rings. The highest BCUT2D eigenvalue weighted by atomic mass is 32.2. The first-order valence-electron chi connectivity index (χ1n) is 4.27. The van der Waals surface area contributed by atoms with Crippen LogP contribution in [-0.4, -0.2) is 54.9 Å². The van der Waals surface area contributed by atoms with E-state index in [-0.39, 0.29) is 19.0 Å². The van der Waals surface area contributed by atoms with Gasteiger partial charge in [-0.1, -0.05) is 0 Å². The highest BCUT2D eigenvalue weighted by molar-refractivity contribution is 7.85. The van der Waals surface area contributed by atoms with Crippen LogP contribution in [0.2, 0.25) is 0 Å². The summed E-state index contributed by atoms with van der Waals surface area (Å²) >= 11 is 0. The van der Waals surface area contributed by atoms with Gasteiger partial charge in [0.1, 0.15) is 6.10 Å². The molecular formula is C7H16O6S. The molecule has 0 saturated carbocycles. The molecule has 0 aliphatic heterocycles. The first-order chi connectivity index (χ1) is 6.45. The van der Waals surface area contributed by atoms with Gasteiger partial charge in [0.2, 0.25) is 0 Å². The summed E-state index contributed by atoms with van der Waals surface area (Å²) in [6.45, 7) is -0.0278. The molecule has 14 heavy (non-hydrogen) atoms. The maximum atomic E-state index is 10.3. The molecule has 86 valence electrons. The van der Waals surface area contributed by atoms with Crippen molar-refractivity contribution in [2.24, 2.45) is 0 Å². The zero-order valence-corrected chi connectivity index (χ0v) is 8.61. The van der Waals surface area contributed by atoms with Gasteiger partial charge >= 0.3 is 0 Å². The van der Waals surface area contributed by atoms with Crippen LogP contribution in [0.1, 0.15) is 12.8 Å². The van der Waals surface area contributed by atoms with Crippen molar-refractivity contribution in [3.63, 3.8) is 0 Å². The van der Waals surface area contributed by atoms with E-state index in [1.54, 1.807) is 0 Å². The standard InChI is InChI=1S/C7H16O6S/c8-5-7(9)6-13-3-1-2-4-14(10,11)12/h7-9H,1-6H2,(H,10,11,12). The van der Waals surface area contributed by atoms with Gasteiger partial charge in [-0.3, -0.25) is 4.55 Å². The number of unbranched alkanes of at least 4 members (excludes halogenated alkanes) is 1. The molecule has 0 amide bonds. The van der Waals surface area contributed by atoms with Crippen LogP contribution in [0.4, 0.5) is 0 Å². The quantitative estimate of drug-likeness (QED) is 0.364. The molecule has 0 spiro atoms. The summed E-state index contributed by atoms with van der Waals surface area (Å²) in [5.41, 5.74) is 0. The van der Waals surface area contributed by atoms with Gasteiger partial charge in [0, 0.05) is 6.61 Å². The Hall–Kier alpha value is -0.210. The number of aliphatic hydroxyl groups is 2. The van der Waals surface area contributed by atoms with E-state index in [0.717, 1.165) is 0 Å². The molecule has 1 unspecified atom stereocenters. The van der Waals surface area contributed by atoms with Crippen LogP contribution in [0.3, 0.4) is 0 Å². The number of ether oxygens (including phenoxy) is 1. The Morgan fingerprint density at radius 3 is 2.43 bits per heavy atom. The second kappa shape index (κ2) is 7.13. The molecule has 0 heterocycles. The van der Waals surface area contributed by atoms with Gasteiger partial charge in [0.25, 0.3) is 10.1 Å². The molecule has 0 rings (SSSR count). The van der Waals surface area contributed by atoms with Crippen molar-refractivity contribution in [2.45, 2.75) is 18.9 Å². The summed E-state index contributed by atoms with van der Waals surface area (Å²) in [5.74, 6) is -0.279. The monoisotopic (exact) mass is 228 g/mol. The molecular weight excluding hydrogens is 212 g/mol. The van der Waals surface area contributed by atoms with Gasteiger partial charge in [-0.15, -0.1) is 0 Å². The summed E-state index contributed by atoms with van der Waals surface area (Å²) in [5, 5.41) is 17.2. The highest BCUT2D eigenvalue weighted by Crippen LogP contribution is 1.95. The fourth-order valence-corrected chi connectivity index (χ4v) is 1.33. The Morgan fingerprint density at radius 1 is 1.29 bits per heavy atom. The molecule has 0 aliphatic rings. The molecule has 0 radical (unpaired) electrons. The third-order valence-corrected chi connectivity index (χ3v) is 2.27. The van der Waals surface area contributed by atoms with Crippen LogP contribution in [0.5, 0.6) is 0 Å². The molecule has 0 aliphatic carbocycles. The molecule has 0 saturated heterocycles. The Labute approximate surface area is 83.3 Å². The second-order valence-corrected chi connectivity index (χ2v) is 4.48. The third-order valence-electron chi connectivity index (χ3n) is 1.46. The van der Waals surface area contributed by atoms with Gasteiger partial charge in [0.15, 0.2) is 0 Å². The van der Waals surface area contributed by atoms with E-state index in [9.17, 15) is 8.42 Å². The van der Waals surface area contributed by atoms with E-state index in [1.165, 1.54) is 0 Å².